The molecular weight excluding hydrogens is 356 g/mol. The summed E-state index contributed by atoms with van der Waals surface area (Å²) in [6.45, 7) is 7.68. The Morgan fingerprint density at radius 1 is 1.29 bits per heavy atom. The van der Waals surface area contributed by atoms with E-state index in [1.807, 2.05) is 29.2 Å². The number of carbonyl (C=O) groups is 2. The van der Waals surface area contributed by atoms with Gasteiger partial charge < -0.3 is 15.0 Å². The molecule has 0 radical (unpaired) electrons. The third-order valence-electron chi connectivity index (χ3n) is 5.21. The maximum absolute atomic E-state index is 12.7. The van der Waals surface area contributed by atoms with E-state index in [1.165, 1.54) is 0 Å². The summed E-state index contributed by atoms with van der Waals surface area (Å²) in [4.78, 5) is 33.7. The van der Waals surface area contributed by atoms with Gasteiger partial charge in [-0.2, -0.15) is 0 Å². The number of likely N-dealkylation sites (N-methyl/N-ethyl adjacent to an activating group) is 1. The predicted molar refractivity (Wildman–Crippen MR) is 108 cm³/mol. The summed E-state index contributed by atoms with van der Waals surface area (Å²) in [5.41, 5.74) is 1.99. The molecule has 28 heavy (non-hydrogen) atoms. The Balaban J connectivity index is 1.85. The SMILES string of the molecule is CCN(CC)CC(=O)N1CCOC(c2cc(C(=O)NC)c3ccccc3n2)C1. The first-order valence-corrected chi connectivity index (χ1v) is 9.80. The van der Waals surface area contributed by atoms with Crippen molar-refractivity contribution >= 4 is 22.7 Å². The van der Waals surface area contributed by atoms with Gasteiger partial charge in [-0.05, 0) is 25.2 Å². The molecule has 0 aliphatic carbocycles. The minimum absolute atomic E-state index is 0.101. The highest BCUT2D eigenvalue weighted by molar-refractivity contribution is 6.06. The molecule has 7 heteroatoms. The van der Waals surface area contributed by atoms with Crippen molar-refractivity contribution in [3.8, 4) is 0 Å². The van der Waals surface area contributed by atoms with Crippen LogP contribution in [0.5, 0.6) is 0 Å². The largest absolute Gasteiger partial charge is 0.368 e. The number of ether oxygens (including phenoxy) is 1. The fourth-order valence-electron chi connectivity index (χ4n) is 3.48. The number of nitrogens with zero attached hydrogens (tertiary/aromatic N) is 3. The molecule has 1 aliphatic rings. The van der Waals surface area contributed by atoms with Crippen LogP contribution in [-0.2, 0) is 9.53 Å². The predicted octanol–water partition coefficient (Wildman–Crippen LogP) is 1.84. The van der Waals surface area contributed by atoms with E-state index in [1.54, 1.807) is 13.1 Å². The quantitative estimate of drug-likeness (QED) is 0.823. The molecule has 1 aromatic heterocycles. The van der Waals surface area contributed by atoms with Crippen LogP contribution in [0.2, 0.25) is 0 Å². The number of hydrogen-bond donors (Lipinski definition) is 1. The first-order valence-electron chi connectivity index (χ1n) is 9.80. The Bertz CT molecular complexity index is 851. The van der Waals surface area contributed by atoms with Gasteiger partial charge in [0.25, 0.3) is 5.91 Å². The second kappa shape index (κ2) is 9.12. The highest BCUT2D eigenvalue weighted by Crippen LogP contribution is 2.26. The van der Waals surface area contributed by atoms with Crippen LogP contribution >= 0.6 is 0 Å². The fourth-order valence-corrected chi connectivity index (χ4v) is 3.48. The molecule has 0 saturated carbocycles. The Hall–Kier alpha value is -2.51. The monoisotopic (exact) mass is 384 g/mol. The summed E-state index contributed by atoms with van der Waals surface area (Å²) in [6.07, 6.45) is -0.345. The average Bonchev–Trinajstić information content (AvgIpc) is 2.76. The molecule has 7 nitrogen and oxygen atoms in total. The first-order chi connectivity index (χ1) is 13.6. The third-order valence-corrected chi connectivity index (χ3v) is 5.21. The molecular formula is C21H28N4O3. The molecule has 1 atom stereocenters. The number of hydrogen-bond acceptors (Lipinski definition) is 5. The van der Waals surface area contributed by atoms with Gasteiger partial charge in [-0.1, -0.05) is 32.0 Å². The Labute approximate surface area is 165 Å². The minimum Gasteiger partial charge on any atom is -0.368 e. The lowest BCUT2D eigenvalue weighted by Crippen LogP contribution is -2.46. The van der Waals surface area contributed by atoms with Gasteiger partial charge in [0, 0.05) is 19.0 Å². The Morgan fingerprint density at radius 2 is 2.04 bits per heavy atom. The fraction of sp³-hybridized carbons (Fsp3) is 0.476. The number of fused-ring (bicyclic) bond motifs is 1. The second-order valence-corrected chi connectivity index (χ2v) is 6.85. The lowest BCUT2D eigenvalue weighted by atomic mass is 10.0. The average molecular weight is 384 g/mol. The van der Waals surface area contributed by atoms with Crippen LogP contribution < -0.4 is 5.32 Å². The zero-order chi connectivity index (χ0) is 20.1. The molecule has 2 amide bonds. The summed E-state index contributed by atoms with van der Waals surface area (Å²) in [5.74, 6) is -0.0607. The number of amides is 2. The van der Waals surface area contributed by atoms with Crippen LogP contribution in [0.15, 0.2) is 30.3 Å². The van der Waals surface area contributed by atoms with Crippen LogP contribution in [0.3, 0.4) is 0 Å². The van der Waals surface area contributed by atoms with Gasteiger partial charge in [0.1, 0.15) is 6.10 Å². The molecule has 2 heterocycles. The Morgan fingerprint density at radius 3 is 2.75 bits per heavy atom. The van der Waals surface area contributed by atoms with Crippen molar-refractivity contribution in [1.29, 1.82) is 0 Å². The summed E-state index contributed by atoms with van der Waals surface area (Å²) < 4.78 is 5.92. The highest BCUT2D eigenvalue weighted by Gasteiger charge is 2.28. The molecule has 3 rings (SSSR count). The van der Waals surface area contributed by atoms with Crippen LogP contribution in [0, 0.1) is 0 Å². The van der Waals surface area contributed by atoms with Crippen molar-refractivity contribution in [3.63, 3.8) is 0 Å². The second-order valence-electron chi connectivity index (χ2n) is 6.85. The van der Waals surface area contributed by atoms with E-state index in [-0.39, 0.29) is 17.9 Å². The number of para-hydroxylation sites is 1. The maximum atomic E-state index is 12.7. The molecule has 150 valence electrons. The van der Waals surface area contributed by atoms with Crippen LogP contribution in [0.25, 0.3) is 10.9 Å². The lowest BCUT2D eigenvalue weighted by molar-refractivity contribution is -0.140. The number of carbonyl (C=O) groups excluding carboxylic acids is 2. The molecule has 1 fully saturated rings. The van der Waals surface area contributed by atoms with Crippen molar-refractivity contribution in [2.45, 2.75) is 20.0 Å². The van der Waals surface area contributed by atoms with E-state index in [0.717, 1.165) is 24.0 Å². The zero-order valence-corrected chi connectivity index (χ0v) is 16.8. The van der Waals surface area contributed by atoms with Crippen molar-refractivity contribution in [3.05, 3.63) is 41.6 Å². The molecule has 1 saturated heterocycles. The van der Waals surface area contributed by atoms with Gasteiger partial charge in [-0.25, -0.2) is 4.98 Å². The standard InChI is InChI=1S/C21H28N4O3/c1-4-24(5-2)14-20(26)25-10-11-28-19(13-25)18-12-16(21(27)22-3)15-8-6-7-9-17(15)23-18/h6-9,12,19H,4-5,10-11,13-14H2,1-3H3,(H,22,27). The molecule has 1 N–H and O–H groups in total. The third kappa shape index (κ3) is 4.31. The van der Waals surface area contributed by atoms with Crippen LogP contribution in [0.1, 0.15) is 36.0 Å². The molecule has 1 aliphatic heterocycles. The van der Waals surface area contributed by atoms with Crippen LogP contribution in [-0.4, -0.2) is 73.0 Å². The number of benzene rings is 1. The highest BCUT2D eigenvalue weighted by atomic mass is 16.5. The van der Waals surface area contributed by atoms with Gasteiger partial charge in [0.2, 0.25) is 5.91 Å². The number of nitrogens with one attached hydrogen (secondary N) is 1. The number of rotatable bonds is 6. The van der Waals surface area contributed by atoms with Gasteiger partial charge >= 0.3 is 0 Å². The lowest BCUT2D eigenvalue weighted by Gasteiger charge is -2.34. The van der Waals surface area contributed by atoms with Gasteiger partial charge in [-0.15, -0.1) is 0 Å². The molecule has 1 unspecified atom stereocenters. The van der Waals surface area contributed by atoms with E-state index in [2.05, 4.69) is 24.1 Å². The smallest absolute Gasteiger partial charge is 0.251 e. The van der Waals surface area contributed by atoms with E-state index >= 15 is 0 Å². The van der Waals surface area contributed by atoms with Crippen molar-refractivity contribution in [2.75, 3.05) is 46.4 Å². The topological polar surface area (TPSA) is 74.8 Å². The van der Waals surface area contributed by atoms with Gasteiger partial charge in [-0.3, -0.25) is 14.5 Å². The summed E-state index contributed by atoms with van der Waals surface area (Å²) in [7, 11) is 1.61. The van der Waals surface area contributed by atoms with Gasteiger partial charge in [0.05, 0.1) is 36.5 Å². The van der Waals surface area contributed by atoms with Crippen molar-refractivity contribution in [1.82, 2.24) is 20.1 Å². The number of morpholine rings is 1. The van der Waals surface area contributed by atoms with E-state index < -0.39 is 0 Å². The molecule has 0 bridgehead atoms. The van der Waals surface area contributed by atoms with Gasteiger partial charge in [0.15, 0.2) is 0 Å². The van der Waals surface area contributed by atoms with Crippen molar-refractivity contribution < 1.29 is 14.3 Å². The van der Waals surface area contributed by atoms with Crippen molar-refractivity contribution in [2.24, 2.45) is 0 Å². The van der Waals surface area contributed by atoms with E-state index in [0.29, 0.717) is 37.5 Å². The number of pyridine rings is 1. The normalized spacial score (nSPS) is 17.1. The summed E-state index contributed by atoms with van der Waals surface area (Å²) in [5, 5.41) is 3.49. The minimum atomic E-state index is -0.345. The van der Waals surface area contributed by atoms with E-state index in [9.17, 15) is 9.59 Å². The molecule has 0 spiro atoms. The van der Waals surface area contributed by atoms with E-state index in [4.69, 9.17) is 9.72 Å². The maximum Gasteiger partial charge on any atom is 0.251 e. The summed E-state index contributed by atoms with van der Waals surface area (Å²) in [6, 6.07) is 9.34. The summed E-state index contributed by atoms with van der Waals surface area (Å²) >= 11 is 0. The molecule has 2 aromatic rings. The Kier molecular flexibility index (Phi) is 6.59. The van der Waals surface area contributed by atoms with Crippen LogP contribution in [0.4, 0.5) is 0 Å². The zero-order valence-electron chi connectivity index (χ0n) is 16.8. The number of aromatic nitrogens is 1. The first kappa shape index (κ1) is 20.2. The molecule has 1 aromatic carbocycles.